The van der Waals surface area contributed by atoms with Gasteiger partial charge in [0.2, 0.25) is 0 Å². The second kappa shape index (κ2) is 16.8. The Morgan fingerprint density at radius 3 is 1.73 bits per heavy atom. The molecule has 5 rings (SSSR count). The van der Waals surface area contributed by atoms with Gasteiger partial charge in [-0.05, 0) is 74.6 Å². The van der Waals surface area contributed by atoms with Crippen LogP contribution in [0, 0.1) is 44.6 Å². The number of nitrogens with zero attached hydrogens (tertiary/aromatic N) is 1. The Bertz CT molecular complexity index is 2410. The molecule has 5 aromatic rings. The quantitative estimate of drug-likeness (QED) is 0.0826. The van der Waals surface area contributed by atoms with Crippen molar-refractivity contribution in [2.75, 3.05) is 0 Å². The van der Waals surface area contributed by atoms with Gasteiger partial charge in [-0.1, -0.05) is 88.4 Å². The molecule has 3 nitrogen and oxygen atoms in total. The maximum atomic E-state index is 15.7. The molecule has 1 radical (unpaired) electrons. The molecule has 0 saturated heterocycles. The van der Waals surface area contributed by atoms with Crippen LogP contribution in [-0.2, 0) is 36.0 Å². The SMILES string of the molecule is CC(C)(C)/C(O)=C/C(=O)C(C)(C)C(F)(F)F.Cc1cc(C)c(-c2sc3c(-c4[c-]c5ccccc5c(C(C)(C)C)c4)ncc(C(F)(C(F)(F)F)C(F)(F)F)c3c2C)c(C)c1.[Ir]. The predicted molar refractivity (Wildman–Crippen MR) is 214 cm³/mol. The van der Waals surface area contributed by atoms with Crippen molar-refractivity contribution in [3.05, 3.63) is 99.9 Å². The van der Waals surface area contributed by atoms with Crippen LogP contribution in [0.15, 0.2) is 60.5 Å². The number of halogens is 10. The van der Waals surface area contributed by atoms with E-state index in [1.54, 1.807) is 20.8 Å². The van der Waals surface area contributed by atoms with Crippen molar-refractivity contribution in [1.82, 2.24) is 4.98 Å². The van der Waals surface area contributed by atoms with Crippen LogP contribution >= 0.6 is 11.3 Å². The number of aliphatic hydroxyl groups is 1. The molecule has 60 heavy (non-hydrogen) atoms. The van der Waals surface area contributed by atoms with Crippen LogP contribution in [0.1, 0.15) is 88.8 Å². The minimum atomic E-state index is -6.28. The normalized spacial score (nSPS) is 13.6. The third kappa shape index (κ3) is 9.48. The molecule has 0 aliphatic heterocycles. The summed E-state index contributed by atoms with van der Waals surface area (Å²) in [5.41, 5.74) is -5.97. The number of hydrogen-bond acceptors (Lipinski definition) is 4. The van der Waals surface area contributed by atoms with E-state index in [1.165, 1.54) is 6.92 Å². The van der Waals surface area contributed by atoms with Gasteiger partial charge in [0.25, 0.3) is 0 Å². The van der Waals surface area contributed by atoms with E-state index in [0.29, 0.717) is 33.7 Å². The Morgan fingerprint density at radius 2 is 1.27 bits per heavy atom. The van der Waals surface area contributed by atoms with Crippen molar-refractivity contribution in [2.24, 2.45) is 10.8 Å². The van der Waals surface area contributed by atoms with Crippen molar-refractivity contribution >= 4 is 38.0 Å². The number of pyridine rings is 1. The van der Waals surface area contributed by atoms with Crippen LogP contribution in [-0.4, -0.2) is 34.4 Å². The standard InChI is InChI=1S/C34H29F7NS.C11H17F3O2.Ir/c1-17-12-18(2)26(19(3)13-17)29-20(4)27-25(32(35,33(36,37)38)34(39,40)41)16-42-28(30(27)43-29)22-14-21-10-8-9-11-23(21)24(15-22)31(5,6)7;1-9(2,3)7(15)6-8(16)10(4,5)11(12,13)14;/h8-13,15-16H,1-7H3;6,15H,1-5H3;/q-1;;/b;7-6-;. The van der Waals surface area contributed by atoms with Gasteiger partial charge in [-0.3, -0.25) is 9.78 Å². The van der Waals surface area contributed by atoms with Crippen molar-refractivity contribution in [3.63, 3.8) is 0 Å². The van der Waals surface area contributed by atoms with Crippen LogP contribution in [0.3, 0.4) is 0 Å². The molecule has 0 spiro atoms. The summed E-state index contributed by atoms with van der Waals surface area (Å²) in [5, 5.41) is 10.6. The number of alkyl halides is 10. The van der Waals surface area contributed by atoms with Crippen molar-refractivity contribution < 1.29 is 73.9 Å². The number of rotatable bonds is 5. The molecule has 329 valence electrons. The number of hydrogen-bond donors (Lipinski definition) is 1. The Morgan fingerprint density at radius 1 is 0.750 bits per heavy atom. The average molecular weight is 1050 g/mol. The number of fused-ring (bicyclic) bond motifs is 2. The molecule has 15 heteroatoms. The van der Waals surface area contributed by atoms with E-state index in [9.17, 15) is 49.4 Å². The first-order chi connectivity index (χ1) is 26.6. The van der Waals surface area contributed by atoms with Gasteiger partial charge in [-0.15, -0.1) is 40.5 Å². The summed E-state index contributed by atoms with van der Waals surface area (Å²) >= 11 is 1.02. The maximum Gasteiger partial charge on any atom is 0.436 e. The Kier molecular flexibility index (Phi) is 14.2. The van der Waals surface area contributed by atoms with E-state index in [4.69, 9.17) is 0 Å². The van der Waals surface area contributed by atoms with Gasteiger partial charge in [0.05, 0.1) is 0 Å². The molecule has 0 fully saturated rings. The zero-order valence-corrected chi connectivity index (χ0v) is 38.2. The average Bonchev–Trinajstić information content (AvgIpc) is 3.40. The molecular weight excluding hydrogens is 1000 g/mol. The number of carbonyl (C=O) groups is 1. The second-order valence-corrected chi connectivity index (χ2v) is 18.4. The third-order valence-corrected chi connectivity index (χ3v) is 11.5. The summed E-state index contributed by atoms with van der Waals surface area (Å²) in [6.45, 7) is 19.4. The van der Waals surface area contributed by atoms with Crippen LogP contribution in [0.25, 0.3) is 42.6 Å². The van der Waals surface area contributed by atoms with Gasteiger partial charge in [0.15, 0.2) is 5.78 Å². The first-order valence-electron chi connectivity index (χ1n) is 18.4. The minimum Gasteiger partial charge on any atom is -0.512 e. The monoisotopic (exact) mass is 1050 g/mol. The molecule has 0 amide bonds. The third-order valence-electron chi connectivity index (χ3n) is 10.2. The van der Waals surface area contributed by atoms with Gasteiger partial charge in [-0.25, -0.2) is 4.39 Å². The molecule has 2 aromatic heterocycles. The number of benzene rings is 3. The van der Waals surface area contributed by atoms with Gasteiger partial charge in [-0.2, -0.15) is 39.5 Å². The number of allylic oxidation sites excluding steroid dienone is 2. The van der Waals surface area contributed by atoms with Crippen LogP contribution < -0.4 is 0 Å². The van der Waals surface area contributed by atoms with E-state index in [1.807, 2.05) is 84.0 Å². The number of aliphatic hydroxyl groups excluding tert-OH is 1. The molecule has 3 aromatic carbocycles. The zero-order valence-electron chi connectivity index (χ0n) is 35.0. The maximum absolute atomic E-state index is 15.7. The fraction of sp³-hybridized carbons (Fsp3) is 0.422. The zero-order chi connectivity index (χ0) is 45.2. The topological polar surface area (TPSA) is 50.2 Å². The Balaban J connectivity index is 0.000000481. The van der Waals surface area contributed by atoms with E-state index in [2.05, 4.69) is 11.1 Å². The van der Waals surface area contributed by atoms with E-state index in [0.717, 1.165) is 52.8 Å². The molecular formula is C45H46F10IrNO2S-. The number of thiophene rings is 1. The van der Waals surface area contributed by atoms with Crippen LogP contribution in [0.4, 0.5) is 43.9 Å². The Hall–Kier alpha value is -3.81. The number of aryl methyl sites for hydroxylation is 4. The summed E-state index contributed by atoms with van der Waals surface area (Å²) in [4.78, 5) is 16.0. The van der Waals surface area contributed by atoms with Gasteiger partial charge in [0, 0.05) is 58.6 Å². The number of aromatic nitrogens is 1. The fourth-order valence-electron chi connectivity index (χ4n) is 6.59. The summed E-state index contributed by atoms with van der Waals surface area (Å²) < 4.78 is 138. The predicted octanol–water partition coefficient (Wildman–Crippen LogP) is 15.0. The van der Waals surface area contributed by atoms with Gasteiger partial charge < -0.3 is 5.11 Å². The van der Waals surface area contributed by atoms with E-state index in [-0.39, 0.29) is 47.2 Å². The van der Waals surface area contributed by atoms with Crippen LogP contribution in [0.5, 0.6) is 0 Å². The van der Waals surface area contributed by atoms with Crippen molar-refractivity contribution in [3.8, 4) is 21.7 Å². The van der Waals surface area contributed by atoms with Gasteiger partial charge in [0.1, 0.15) is 11.2 Å². The van der Waals surface area contributed by atoms with E-state index < -0.39 is 51.8 Å². The molecule has 1 N–H and O–H groups in total. The molecule has 0 saturated carbocycles. The summed E-state index contributed by atoms with van der Waals surface area (Å²) in [5.74, 6) is -1.50. The first kappa shape index (κ1) is 50.5. The van der Waals surface area contributed by atoms with E-state index >= 15 is 4.39 Å². The summed E-state index contributed by atoms with van der Waals surface area (Å²) in [7, 11) is 0. The molecule has 0 atom stereocenters. The largest absolute Gasteiger partial charge is 0.512 e. The molecule has 0 bridgehead atoms. The second-order valence-electron chi connectivity index (χ2n) is 17.4. The minimum absolute atomic E-state index is 0. The molecule has 0 aliphatic carbocycles. The first-order valence-corrected chi connectivity index (χ1v) is 19.2. The van der Waals surface area contributed by atoms with Crippen LogP contribution in [0.2, 0.25) is 0 Å². The molecule has 2 heterocycles. The van der Waals surface area contributed by atoms with Crippen molar-refractivity contribution in [2.45, 2.75) is 113 Å². The van der Waals surface area contributed by atoms with Crippen molar-refractivity contribution in [1.29, 1.82) is 0 Å². The summed E-state index contributed by atoms with van der Waals surface area (Å²) in [6.07, 6.45) is -16.1. The molecule has 0 unspecified atom stereocenters. The smallest absolute Gasteiger partial charge is 0.436 e. The van der Waals surface area contributed by atoms with Gasteiger partial charge >= 0.3 is 24.2 Å². The Labute approximate surface area is 360 Å². The number of carbonyl (C=O) groups excluding carboxylic acids is 1. The fourth-order valence-corrected chi connectivity index (χ4v) is 8.10. The summed E-state index contributed by atoms with van der Waals surface area (Å²) in [6, 6.07) is 16.3. The molecule has 0 aliphatic rings. The number of ketones is 1.